The molecular weight excluding hydrogens is 254 g/mol. The summed E-state index contributed by atoms with van der Waals surface area (Å²) in [4.78, 5) is 26.0. The molecule has 4 heteroatoms. The maximum absolute atomic E-state index is 12.7. The highest BCUT2D eigenvalue weighted by atomic mass is 16.4. The Bertz CT molecular complexity index is 328. The van der Waals surface area contributed by atoms with Gasteiger partial charge in [-0.05, 0) is 33.1 Å². The fourth-order valence-electron chi connectivity index (χ4n) is 3.09. The first-order chi connectivity index (χ1) is 9.49. The van der Waals surface area contributed by atoms with Crippen LogP contribution in [0, 0.1) is 11.8 Å². The van der Waals surface area contributed by atoms with E-state index in [0.29, 0.717) is 6.42 Å². The van der Waals surface area contributed by atoms with Gasteiger partial charge in [0.2, 0.25) is 5.91 Å². The maximum atomic E-state index is 12.7. The zero-order chi connectivity index (χ0) is 15.1. The number of aliphatic carboxylic acids is 1. The average Bonchev–Trinajstić information content (AvgIpc) is 2.42. The Kier molecular flexibility index (Phi) is 7.03. The van der Waals surface area contributed by atoms with E-state index in [1.54, 1.807) is 0 Å². The van der Waals surface area contributed by atoms with E-state index in [-0.39, 0.29) is 17.9 Å². The number of carboxylic acid groups (broad SMARTS) is 1. The van der Waals surface area contributed by atoms with Crippen molar-refractivity contribution in [1.82, 2.24) is 4.90 Å². The molecule has 2 atom stereocenters. The number of carbonyl (C=O) groups excluding carboxylic acids is 1. The van der Waals surface area contributed by atoms with Crippen molar-refractivity contribution in [3.8, 4) is 0 Å². The molecule has 0 aromatic carbocycles. The molecule has 0 bridgehead atoms. The van der Waals surface area contributed by atoms with Crippen molar-refractivity contribution in [2.45, 2.75) is 71.8 Å². The largest absolute Gasteiger partial charge is 0.481 e. The lowest BCUT2D eigenvalue weighted by Crippen LogP contribution is -2.45. The van der Waals surface area contributed by atoms with Gasteiger partial charge in [0.1, 0.15) is 0 Å². The molecule has 1 aliphatic rings. The number of rotatable bonds is 7. The number of carboxylic acids is 1. The van der Waals surface area contributed by atoms with Crippen molar-refractivity contribution < 1.29 is 14.7 Å². The van der Waals surface area contributed by atoms with Gasteiger partial charge >= 0.3 is 5.97 Å². The third-order valence-corrected chi connectivity index (χ3v) is 4.31. The molecule has 20 heavy (non-hydrogen) atoms. The lowest BCUT2D eigenvalue weighted by molar-refractivity contribution is -0.153. The highest BCUT2D eigenvalue weighted by molar-refractivity contribution is 5.85. The van der Waals surface area contributed by atoms with Crippen LogP contribution in [0.3, 0.4) is 0 Å². The fourth-order valence-corrected chi connectivity index (χ4v) is 3.09. The van der Waals surface area contributed by atoms with Gasteiger partial charge in [0.25, 0.3) is 0 Å². The molecule has 1 aliphatic carbocycles. The first-order valence-electron chi connectivity index (χ1n) is 8.02. The van der Waals surface area contributed by atoms with E-state index in [0.717, 1.165) is 45.1 Å². The Hall–Kier alpha value is -1.06. The van der Waals surface area contributed by atoms with Gasteiger partial charge in [-0.25, -0.2) is 0 Å². The number of nitrogens with zero attached hydrogens (tertiary/aromatic N) is 1. The predicted octanol–water partition coefficient (Wildman–Crippen LogP) is 3.30. The van der Waals surface area contributed by atoms with Gasteiger partial charge in [-0.15, -0.1) is 0 Å². The van der Waals surface area contributed by atoms with Gasteiger partial charge in [0, 0.05) is 12.6 Å². The zero-order valence-corrected chi connectivity index (χ0v) is 13.1. The lowest BCUT2D eigenvalue weighted by atomic mass is 9.78. The molecule has 0 spiro atoms. The van der Waals surface area contributed by atoms with Crippen molar-refractivity contribution in [2.75, 3.05) is 6.54 Å². The summed E-state index contributed by atoms with van der Waals surface area (Å²) in [5, 5.41) is 9.32. The van der Waals surface area contributed by atoms with Crippen molar-refractivity contribution in [3.63, 3.8) is 0 Å². The second kappa shape index (κ2) is 8.28. The number of hydrogen-bond acceptors (Lipinski definition) is 2. The van der Waals surface area contributed by atoms with Gasteiger partial charge in [-0.3, -0.25) is 9.59 Å². The number of amides is 1. The monoisotopic (exact) mass is 283 g/mol. The Labute approximate surface area is 122 Å². The summed E-state index contributed by atoms with van der Waals surface area (Å²) >= 11 is 0. The number of unbranched alkanes of at least 4 members (excludes halogenated alkanes) is 2. The topological polar surface area (TPSA) is 57.6 Å². The SMILES string of the molecule is CCCCCN(C(=O)[C@@H]1CCCC[C@@H]1C(=O)O)C(C)C. The molecule has 1 N–H and O–H groups in total. The highest BCUT2D eigenvalue weighted by Gasteiger charge is 2.38. The minimum atomic E-state index is -0.805. The van der Waals surface area contributed by atoms with Gasteiger partial charge in [0.15, 0.2) is 0 Å². The quantitative estimate of drug-likeness (QED) is 0.729. The van der Waals surface area contributed by atoms with Crippen molar-refractivity contribution in [1.29, 1.82) is 0 Å². The summed E-state index contributed by atoms with van der Waals surface area (Å²) in [6.07, 6.45) is 6.52. The molecule has 0 heterocycles. The smallest absolute Gasteiger partial charge is 0.307 e. The summed E-state index contributed by atoms with van der Waals surface area (Å²) < 4.78 is 0. The summed E-state index contributed by atoms with van der Waals surface area (Å²) in [5.74, 6) is -1.54. The second-order valence-corrected chi connectivity index (χ2v) is 6.17. The molecule has 1 saturated carbocycles. The maximum Gasteiger partial charge on any atom is 0.307 e. The molecular formula is C16H29NO3. The summed E-state index contributed by atoms with van der Waals surface area (Å²) in [7, 11) is 0. The number of hydrogen-bond donors (Lipinski definition) is 1. The zero-order valence-electron chi connectivity index (χ0n) is 13.1. The summed E-state index contributed by atoms with van der Waals surface area (Å²) in [6.45, 7) is 6.93. The molecule has 1 amide bonds. The number of carbonyl (C=O) groups is 2. The van der Waals surface area contributed by atoms with E-state index in [1.165, 1.54) is 0 Å². The van der Waals surface area contributed by atoms with Crippen LogP contribution in [0.1, 0.15) is 65.7 Å². The Balaban J connectivity index is 2.73. The molecule has 0 radical (unpaired) electrons. The molecule has 0 saturated heterocycles. The summed E-state index contributed by atoms with van der Waals surface area (Å²) in [5.41, 5.74) is 0. The highest BCUT2D eigenvalue weighted by Crippen LogP contribution is 2.32. The van der Waals surface area contributed by atoms with E-state index in [9.17, 15) is 14.7 Å². The minimum Gasteiger partial charge on any atom is -0.481 e. The third-order valence-electron chi connectivity index (χ3n) is 4.31. The van der Waals surface area contributed by atoms with E-state index in [1.807, 2.05) is 18.7 Å². The van der Waals surface area contributed by atoms with E-state index in [2.05, 4.69) is 6.92 Å². The van der Waals surface area contributed by atoms with E-state index >= 15 is 0 Å². The third kappa shape index (κ3) is 4.50. The normalized spacial score (nSPS) is 22.8. The summed E-state index contributed by atoms with van der Waals surface area (Å²) in [6, 6.07) is 0.149. The standard InChI is InChI=1S/C16H29NO3/c1-4-5-8-11-17(12(2)3)15(18)13-9-6-7-10-14(13)16(19)20/h12-14H,4-11H2,1-3H3,(H,19,20)/t13-,14+/m1/s1. The van der Waals surface area contributed by atoms with Gasteiger partial charge < -0.3 is 10.0 Å². The Morgan fingerprint density at radius 3 is 2.25 bits per heavy atom. The van der Waals surface area contributed by atoms with Crippen LogP contribution in [-0.2, 0) is 9.59 Å². The molecule has 0 aromatic rings. The molecule has 1 rings (SSSR count). The molecule has 0 aromatic heterocycles. The van der Waals surface area contributed by atoms with E-state index in [4.69, 9.17) is 0 Å². The second-order valence-electron chi connectivity index (χ2n) is 6.17. The van der Waals surface area contributed by atoms with Gasteiger partial charge in [-0.2, -0.15) is 0 Å². The van der Waals surface area contributed by atoms with Crippen LogP contribution in [0.4, 0.5) is 0 Å². The van der Waals surface area contributed by atoms with Gasteiger partial charge in [-0.1, -0.05) is 32.6 Å². The predicted molar refractivity (Wildman–Crippen MR) is 79.5 cm³/mol. The minimum absolute atomic E-state index is 0.0585. The van der Waals surface area contributed by atoms with E-state index < -0.39 is 11.9 Å². The van der Waals surface area contributed by atoms with Crippen molar-refractivity contribution in [2.24, 2.45) is 11.8 Å². The molecule has 4 nitrogen and oxygen atoms in total. The molecule has 0 unspecified atom stereocenters. The van der Waals surface area contributed by atoms with Gasteiger partial charge in [0.05, 0.1) is 11.8 Å². The van der Waals surface area contributed by atoms with Crippen LogP contribution in [0.25, 0.3) is 0 Å². The van der Waals surface area contributed by atoms with Crippen LogP contribution in [0.15, 0.2) is 0 Å². The average molecular weight is 283 g/mol. The van der Waals surface area contributed by atoms with Crippen LogP contribution >= 0.6 is 0 Å². The van der Waals surface area contributed by atoms with Crippen LogP contribution in [0.2, 0.25) is 0 Å². The first kappa shape index (κ1) is 17.0. The lowest BCUT2D eigenvalue weighted by Gasteiger charge is -2.35. The first-order valence-corrected chi connectivity index (χ1v) is 8.02. The fraction of sp³-hybridized carbons (Fsp3) is 0.875. The van der Waals surface area contributed by atoms with Crippen molar-refractivity contribution in [3.05, 3.63) is 0 Å². The molecule has 116 valence electrons. The molecule has 1 fully saturated rings. The van der Waals surface area contributed by atoms with Crippen LogP contribution < -0.4 is 0 Å². The Morgan fingerprint density at radius 1 is 1.15 bits per heavy atom. The molecule has 0 aliphatic heterocycles. The van der Waals surface area contributed by atoms with Crippen LogP contribution in [0.5, 0.6) is 0 Å². The Morgan fingerprint density at radius 2 is 1.75 bits per heavy atom. The van der Waals surface area contributed by atoms with Crippen molar-refractivity contribution >= 4 is 11.9 Å². The van der Waals surface area contributed by atoms with Crippen LogP contribution in [-0.4, -0.2) is 34.5 Å².